The smallest absolute Gasteiger partial charge is 0.340 e. The zero-order valence-electron chi connectivity index (χ0n) is 10.3. The maximum atomic E-state index is 12.7. The van der Waals surface area contributed by atoms with Crippen LogP contribution in [0.5, 0.6) is 0 Å². The molecule has 0 saturated carbocycles. The van der Waals surface area contributed by atoms with E-state index in [0.717, 1.165) is 6.07 Å². The fourth-order valence-electron chi connectivity index (χ4n) is 1.56. The van der Waals surface area contributed by atoms with Gasteiger partial charge in [-0.05, 0) is 25.1 Å². The van der Waals surface area contributed by atoms with Crippen LogP contribution in [0, 0.1) is 0 Å². The van der Waals surface area contributed by atoms with Crippen LogP contribution in [0.2, 0.25) is 0 Å². The van der Waals surface area contributed by atoms with E-state index in [0.29, 0.717) is 0 Å². The quantitative estimate of drug-likeness (QED) is 0.743. The van der Waals surface area contributed by atoms with Crippen LogP contribution in [0.4, 0.5) is 13.2 Å². The Bertz CT molecular complexity index is 477. The lowest BCUT2D eigenvalue weighted by Gasteiger charge is -2.19. The summed E-state index contributed by atoms with van der Waals surface area (Å²) in [6.07, 6.45) is -4.51. The summed E-state index contributed by atoms with van der Waals surface area (Å²) in [5.74, 6) is -0.495. The Hall–Kier alpha value is -0.750. The monoisotopic (exact) mass is 357 g/mol. The Morgan fingerprint density at radius 3 is 2.53 bits per heavy atom. The maximum absolute atomic E-state index is 12.7. The van der Waals surface area contributed by atoms with Gasteiger partial charge in [0.15, 0.2) is 0 Å². The molecular formula is C12H12BrClF3NO. The predicted octanol–water partition coefficient (Wildman–Crippen LogP) is 4.17. The van der Waals surface area contributed by atoms with Gasteiger partial charge in [0.2, 0.25) is 0 Å². The Kier molecular flexibility index (Phi) is 5.26. The van der Waals surface area contributed by atoms with E-state index >= 15 is 0 Å². The van der Waals surface area contributed by atoms with Gasteiger partial charge in [-0.15, -0.1) is 11.6 Å². The number of carbonyl (C=O) groups is 1. The third kappa shape index (κ3) is 4.38. The molecule has 0 N–H and O–H groups in total. The summed E-state index contributed by atoms with van der Waals surface area (Å²) in [6, 6.07) is 3.40. The van der Waals surface area contributed by atoms with Crippen LogP contribution >= 0.6 is 27.5 Å². The zero-order chi connectivity index (χ0) is 14.8. The van der Waals surface area contributed by atoms with Crippen molar-refractivity contribution in [1.29, 1.82) is 0 Å². The van der Waals surface area contributed by atoms with Crippen molar-refractivity contribution in [1.82, 2.24) is 4.90 Å². The summed E-state index contributed by atoms with van der Waals surface area (Å²) in [6.45, 7) is 1.96. The Labute approximate surface area is 122 Å². The minimum atomic E-state index is -4.51. The first-order chi connectivity index (χ1) is 8.62. The van der Waals surface area contributed by atoms with Crippen LogP contribution in [0.15, 0.2) is 22.7 Å². The van der Waals surface area contributed by atoms with E-state index in [4.69, 9.17) is 11.6 Å². The number of hydrogen-bond donors (Lipinski definition) is 0. The highest BCUT2D eigenvalue weighted by Crippen LogP contribution is 2.35. The van der Waals surface area contributed by atoms with Gasteiger partial charge in [0.1, 0.15) is 0 Å². The lowest BCUT2D eigenvalue weighted by molar-refractivity contribution is -0.138. The minimum Gasteiger partial charge on any atom is -0.340 e. The van der Waals surface area contributed by atoms with Crippen molar-refractivity contribution >= 4 is 33.4 Å². The fourth-order valence-corrected chi connectivity index (χ4v) is 2.23. The zero-order valence-corrected chi connectivity index (χ0v) is 12.6. The van der Waals surface area contributed by atoms with Gasteiger partial charge >= 0.3 is 6.18 Å². The summed E-state index contributed by atoms with van der Waals surface area (Å²) in [5.41, 5.74) is -0.888. The van der Waals surface area contributed by atoms with Crippen molar-refractivity contribution in [3.8, 4) is 0 Å². The summed E-state index contributed by atoms with van der Waals surface area (Å²) < 4.78 is 38.1. The van der Waals surface area contributed by atoms with Crippen LogP contribution in [0.1, 0.15) is 22.8 Å². The van der Waals surface area contributed by atoms with Gasteiger partial charge in [0.25, 0.3) is 5.91 Å². The average Bonchev–Trinajstić information content (AvgIpc) is 2.26. The van der Waals surface area contributed by atoms with E-state index in [-0.39, 0.29) is 22.0 Å². The second kappa shape index (κ2) is 6.13. The molecule has 0 bridgehead atoms. The molecule has 2 nitrogen and oxygen atoms in total. The molecule has 0 aliphatic carbocycles. The van der Waals surface area contributed by atoms with Crippen molar-refractivity contribution in [2.24, 2.45) is 0 Å². The number of rotatable bonds is 3. The van der Waals surface area contributed by atoms with E-state index in [2.05, 4.69) is 15.9 Å². The minimum absolute atomic E-state index is 0.0182. The number of hydrogen-bond acceptors (Lipinski definition) is 1. The first-order valence-electron chi connectivity index (χ1n) is 5.39. The molecule has 1 aromatic rings. The molecule has 0 saturated heterocycles. The first kappa shape index (κ1) is 16.3. The Morgan fingerprint density at radius 1 is 1.47 bits per heavy atom. The Morgan fingerprint density at radius 2 is 2.05 bits per heavy atom. The highest BCUT2D eigenvalue weighted by molar-refractivity contribution is 9.10. The van der Waals surface area contributed by atoms with E-state index in [1.807, 2.05) is 0 Å². The lowest BCUT2D eigenvalue weighted by atomic mass is 10.1. The number of halogens is 5. The maximum Gasteiger partial charge on any atom is 0.417 e. The standard InChI is InChI=1S/C12H12BrClF3NO/c1-7(14)6-18(2)11(19)8-3-4-10(13)9(5-8)12(15,16)17/h3-5,7H,6H2,1-2H3. The molecule has 1 aromatic carbocycles. The van der Waals surface area contributed by atoms with Crippen molar-refractivity contribution in [3.05, 3.63) is 33.8 Å². The normalized spacial score (nSPS) is 13.2. The van der Waals surface area contributed by atoms with Crippen molar-refractivity contribution in [2.45, 2.75) is 18.5 Å². The van der Waals surface area contributed by atoms with Gasteiger partial charge in [0.05, 0.1) is 5.56 Å². The molecule has 0 fully saturated rings. The number of benzene rings is 1. The summed E-state index contributed by atoms with van der Waals surface area (Å²) in [4.78, 5) is 13.2. The van der Waals surface area contributed by atoms with Gasteiger partial charge in [-0.1, -0.05) is 15.9 Å². The van der Waals surface area contributed by atoms with Crippen LogP contribution in [0.25, 0.3) is 0 Å². The Balaban J connectivity index is 3.06. The number of nitrogens with zero attached hydrogens (tertiary/aromatic N) is 1. The molecule has 1 amide bonds. The van der Waals surface area contributed by atoms with Crippen LogP contribution < -0.4 is 0 Å². The van der Waals surface area contributed by atoms with Crippen LogP contribution in [-0.4, -0.2) is 29.8 Å². The summed E-state index contributed by atoms with van der Waals surface area (Å²) in [7, 11) is 1.50. The molecule has 7 heteroatoms. The average molecular weight is 359 g/mol. The third-order valence-electron chi connectivity index (χ3n) is 2.39. The van der Waals surface area contributed by atoms with Crippen LogP contribution in [-0.2, 0) is 6.18 Å². The molecular weight excluding hydrogens is 346 g/mol. The SMILES string of the molecule is CC(Cl)CN(C)C(=O)c1ccc(Br)c(C(F)(F)F)c1. The lowest BCUT2D eigenvalue weighted by Crippen LogP contribution is -2.31. The van der Waals surface area contributed by atoms with Crippen LogP contribution in [0.3, 0.4) is 0 Å². The molecule has 0 heterocycles. The summed E-state index contributed by atoms with van der Waals surface area (Å²) >= 11 is 8.58. The topological polar surface area (TPSA) is 20.3 Å². The van der Waals surface area contributed by atoms with E-state index in [1.54, 1.807) is 6.92 Å². The molecule has 0 aliphatic heterocycles. The molecule has 1 unspecified atom stereocenters. The second-order valence-electron chi connectivity index (χ2n) is 4.16. The van der Waals surface area contributed by atoms with Gasteiger partial charge < -0.3 is 4.90 Å². The van der Waals surface area contributed by atoms with Gasteiger partial charge in [-0.25, -0.2) is 0 Å². The highest BCUT2D eigenvalue weighted by Gasteiger charge is 2.33. The van der Waals surface area contributed by atoms with Crippen molar-refractivity contribution in [3.63, 3.8) is 0 Å². The van der Waals surface area contributed by atoms with E-state index in [9.17, 15) is 18.0 Å². The third-order valence-corrected chi connectivity index (χ3v) is 3.22. The number of alkyl halides is 4. The van der Waals surface area contributed by atoms with Gasteiger partial charge in [-0.3, -0.25) is 4.79 Å². The predicted molar refractivity (Wildman–Crippen MR) is 71.4 cm³/mol. The number of carbonyl (C=O) groups excluding carboxylic acids is 1. The molecule has 1 rings (SSSR count). The van der Waals surface area contributed by atoms with E-state index < -0.39 is 17.6 Å². The first-order valence-corrected chi connectivity index (χ1v) is 6.62. The highest BCUT2D eigenvalue weighted by atomic mass is 79.9. The molecule has 0 radical (unpaired) electrons. The van der Waals surface area contributed by atoms with Gasteiger partial charge in [-0.2, -0.15) is 13.2 Å². The second-order valence-corrected chi connectivity index (χ2v) is 5.76. The van der Waals surface area contributed by atoms with Crippen molar-refractivity contribution < 1.29 is 18.0 Å². The molecule has 1 atom stereocenters. The van der Waals surface area contributed by atoms with E-state index in [1.165, 1.54) is 24.1 Å². The molecule has 0 spiro atoms. The molecule has 106 valence electrons. The molecule has 0 aliphatic rings. The number of amides is 1. The van der Waals surface area contributed by atoms with Crippen molar-refractivity contribution in [2.75, 3.05) is 13.6 Å². The summed E-state index contributed by atoms with van der Waals surface area (Å²) in [5, 5.41) is -0.272. The van der Waals surface area contributed by atoms with Gasteiger partial charge in [0, 0.05) is 29.0 Å². The molecule has 19 heavy (non-hydrogen) atoms. The fraction of sp³-hybridized carbons (Fsp3) is 0.417. The largest absolute Gasteiger partial charge is 0.417 e. The molecule has 0 aromatic heterocycles.